The Bertz CT molecular complexity index is 932. The standard InChI is InChI=1S/C20H21N3O5S/c1-2-28-19(25)8-7-18(24)22-11-9-14(10-12-22)20-21-16(13-29-20)15-5-3-4-6-17(15)23(26)27/h3-8,13-14H,2,9-12H2,1H3. The fourth-order valence-electron chi connectivity index (χ4n) is 3.23. The fraction of sp³-hybridized carbons (Fsp3) is 0.350. The topological polar surface area (TPSA) is 103 Å². The molecule has 1 amide bonds. The van der Waals surface area contributed by atoms with E-state index >= 15 is 0 Å². The van der Waals surface area contributed by atoms with Gasteiger partial charge in [-0.1, -0.05) is 12.1 Å². The van der Waals surface area contributed by atoms with Gasteiger partial charge in [-0.2, -0.15) is 0 Å². The molecule has 1 aliphatic heterocycles. The van der Waals surface area contributed by atoms with Crippen LogP contribution in [-0.2, 0) is 14.3 Å². The zero-order valence-corrected chi connectivity index (χ0v) is 16.8. The summed E-state index contributed by atoms with van der Waals surface area (Å²) in [5.41, 5.74) is 1.16. The first kappa shape index (κ1) is 20.7. The summed E-state index contributed by atoms with van der Waals surface area (Å²) >= 11 is 1.49. The van der Waals surface area contributed by atoms with Crippen LogP contribution in [0.15, 0.2) is 41.8 Å². The summed E-state index contributed by atoms with van der Waals surface area (Å²) in [4.78, 5) is 40.7. The van der Waals surface area contributed by atoms with E-state index in [-0.39, 0.29) is 24.1 Å². The Kier molecular flexibility index (Phi) is 6.71. The van der Waals surface area contributed by atoms with Gasteiger partial charge in [0.05, 0.1) is 27.8 Å². The Hall–Kier alpha value is -3.07. The van der Waals surface area contributed by atoms with Gasteiger partial charge >= 0.3 is 5.97 Å². The maximum absolute atomic E-state index is 12.2. The van der Waals surface area contributed by atoms with E-state index in [0.29, 0.717) is 24.3 Å². The molecule has 0 atom stereocenters. The minimum atomic E-state index is -0.527. The predicted octanol–water partition coefficient (Wildman–Crippen LogP) is 3.54. The van der Waals surface area contributed by atoms with Crippen molar-refractivity contribution in [2.75, 3.05) is 19.7 Å². The number of rotatable bonds is 6. The van der Waals surface area contributed by atoms with Crippen LogP contribution in [0.4, 0.5) is 5.69 Å². The third kappa shape index (κ3) is 5.05. The zero-order valence-electron chi connectivity index (χ0n) is 15.9. The Morgan fingerprint density at radius 2 is 2.03 bits per heavy atom. The van der Waals surface area contributed by atoms with Gasteiger partial charge in [0.2, 0.25) is 5.91 Å². The molecule has 0 spiro atoms. The molecule has 152 valence electrons. The van der Waals surface area contributed by atoms with Gasteiger partial charge < -0.3 is 9.64 Å². The van der Waals surface area contributed by atoms with Gasteiger partial charge in [0.1, 0.15) is 0 Å². The summed E-state index contributed by atoms with van der Waals surface area (Å²) in [5, 5.41) is 14.0. The molecular formula is C20H21N3O5S. The first-order chi connectivity index (χ1) is 14.0. The van der Waals surface area contributed by atoms with Gasteiger partial charge in [0, 0.05) is 42.6 Å². The predicted molar refractivity (Wildman–Crippen MR) is 109 cm³/mol. The molecule has 1 aliphatic rings. The number of aromatic nitrogens is 1. The highest BCUT2D eigenvalue weighted by atomic mass is 32.1. The zero-order chi connectivity index (χ0) is 20.8. The van der Waals surface area contributed by atoms with Crippen molar-refractivity contribution < 1.29 is 19.2 Å². The van der Waals surface area contributed by atoms with Crippen molar-refractivity contribution >= 4 is 28.9 Å². The van der Waals surface area contributed by atoms with Crippen LogP contribution in [0.25, 0.3) is 11.3 Å². The van der Waals surface area contributed by atoms with E-state index in [1.807, 2.05) is 5.38 Å². The minimum absolute atomic E-state index is 0.0400. The van der Waals surface area contributed by atoms with Crippen molar-refractivity contribution in [2.45, 2.75) is 25.7 Å². The van der Waals surface area contributed by atoms with Crippen molar-refractivity contribution in [1.82, 2.24) is 9.88 Å². The number of nitro benzene ring substituents is 1. The van der Waals surface area contributed by atoms with Crippen molar-refractivity contribution in [1.29, 1.82) is 0 Å². The third-order valence-corrected chi connectivity index (χ3v) is 5.71. The van der Waals surface area contributed by atoms with Crippen molar-refractivity contribution in [3.05, 3.63) is 56.9 Å². The largest absolute Gasteiger partial charge is 0.463 e. The number of hydrogen-bond acceptors (Lipinski definition) is 7. The SMILES string of the molecule is CCOC(=O)C=CC(=O)N1CCC(c2nc(-c3ccccc3[N+](=O)[O-])cs2)CC1. The van der Waals surface area contributed by atoms with E-state index in [1.54, 1.807) is 30.0 Å². The number of esters is 1. The monoisotopic (exact) mass is 415 g/mol. The summed E-state index contributed by atoms with van der Waals surface area (Å²) in [6.45, 7) is 3.11. The summed E-state index contributed by atoms with van der Waals surface area (Å²) in [7, 11) is 0. The lowest BCUT2D eigenvalue weighted by atomic mass is 9.97. The molecule has 0 aliphatic carbocycles. The molecule has 29 heavy (non-hydrogen) atoms. The first-order valence-corrected chi connectivity index (χ1v) is 10.2. The van der Waals surface area contributed by atoms with Crippen LogP contribution in [0.3, 0.4) is 0 Å². The minimum Gasteiger partial charge on any atom is -0.463 e. The Labute approximate surface area is 172 Å². The Morgan fingerprint density at radius 3 is 2.72 bits per heavy atom. The van der Waals surface area contributed by atoms with E-state index in [2.05, 4.69) is 4.98 Å². The van der Waals surface area contributed by atoms with E-state index in [0.717, 1.165) is 23.9 Å². The highest BCUT2D eigenvalue weighted by molar-refractivity contribution is 7.10. The Balaban J connectivity index is 1.62. The van der Waals surface area contributed by atoms with Gasteiger partial charge in [0.25, 0.3) is 5.69 Å². The molecule has 0 radical (unpaired) electrons. The number of carbonyl (C=O) groups excluding carboxylic acids is 2. The van der Waals surface area contributed by atoms with E-state index in [1.165, 1.54) is 23.5 Å². The molecule has 1 saturated heterocycles. The lowest BCUT2D eigenvalue weighted by Crippen LogP contribution is -2.37. The number of likely N-dealkylation sites (tertiary alicyclic amines) is 1. The summed E-state index contributed by atoms with van der Waals surface area (Å²) in [6.07, 6.45) is 3.90. The molecule has 8 nitrogen and oxygen atoms in total. The summed E-state index contributed by atoms with van der Waals surface area (Å²) < 4.78 is 4.77. The van der Waals surface area contributed by atoms with E-state index in [4.69, 9.17) is 4.74 Å². The van der Waals surface area contributed by atoms with Crippen LogP contribution < -0.4 is 0 Å². The van der Waals surface area contributed by atoms with Crippen LogP contribution in [0, 0.1) is 10.1 Å². The number of nitrogens with zero attached hydrogens (tertiary/aromatic N) is 3. The maximum atomic E-state index is 12.2. The van der Waals surface area contributed by atoms with Crippen LogP contribution in [-0.4, -0.2) is 46.4 Å². The number of ether oxygens (including phenoxy) is 1. The average Bonchev–Trinajstić information content (AvgIpc) is 3.22. The highest BCUT2D eigenvalue weighted by Gasteiger charge is 2.26. The third-order valence-electron chi connectivity index (χ3n) is 4.70. The maximum Gasteiger partial charge on any atom is 0.330 e. The summed E-state index contributed by atoms with van der Waals surface area (Å²) in [5.74, 6) is -0.535. The first-order valence-electron chi connectivity index (χ1n) is 9.32. The molecule has 3 rings (SSSR count). The molecular weight excluding hydrogens is 394 g/mol. The number of carbonyl (C=O) groups is 2. The molecule has 0 N–H and O–H groups in total. The van der Waals surface area contributed by atoms with Crippen molar-refractivity contribution in [2.24, 2.45) is 0 Å². The van der Waals surface area contributed by atoms with Crippen LogP contribution in [0.2, 0.25) is 0 Å². The van der Waals surface area contributed by atoms with Gasteiger partial charge in [-0.3, -0.25) is 14.9 Å². The van der Waals surface area contributed by atoms with E-state index in [9.17, 15) is 19.7 Å². The molecule has 0 bridgehead atoms. The number of piperidine rings is 1. The van der Waals surface area contributed by atoms with Crippen molar-refractivity contribution in [3.8, 4) is 11.3 Å². The summed E-state index contributed by atoms with van der Waals surface area (Å²) in [6, 6.07) is 6.57. The second-order valence-electron chi connectivity index (χ2n) is 6.53. The van der Waals surface area contributed by atoms with Crippen LogP contribution in [0.5, 0.6) is 0 Å². The number of benzene rings is 1. The molecule has 9 heteroatoms. The lowest BCUT2D eigenvalue weighted by Gasteiger charge is -2.30. The molecule has 0 saturated carbocycles. The molecule has 1 fully saturated rings. The quantitative estimate of drug-likeness (QED) is 0.309. The number of nitro groups is 1. The normalized spacial score (nSPS) is 14.9. The van der Waals surface area contributed by atoms with E-state index < -0.39 is 10.9 Å². The van der Waals surface area contributed by atoms with Crippen molar-refractivity contribution in [3.63, 3.8) is 0 Å². The van der Waals surface area contributed by atoms with Gasteiger partial charge in [-0.05, 0) is 25.8 Å². The number of amides is 1. The molecule has 1 aromatic carbocycles. The smallest absolute Gasteiger partial charge is 0.330 e. The van der Waals surface area contributed by atoms with Gasteiger partial charge in [-0.15, -0.1) is 11.3 Å². The molecule has 0 unspecified atom stereocenters. The fourth-order valence-corrected chi connectivity index (χ4v) is 4.22. The highest BCUT2D eigenvalue weighted by Crippen LogP contribution is 2.35. The van der Waals surface area contributed by atoms with Gasteiger partial charge in [0.15, 0.2) is 0 Å². The number of thiazole rings is 1. The van der Waals surface area contributed by atoms with Crippen LogP contribution >= 0.6 is 11.3 Å². The Morgan fingerprint density at radius 1 is 1.31 bits per heavy atom. The second kappa shape index (κ2) is 9.42. The number of para-hydroxylation sites is 1. The average molecular weight is 415 g/mol. The number of hydrogen-bond donors (Lipinski definition) is 0. The van der Waals surface area contributed by atoms with Gasteiger partial charge in [-0.25, -0.2) is 9.78 Å². The second-order valence-corrected chi connectivity index (χ2v) is 7.42. The van der Waals surface area contributed by atoms with Crippen LogP contribution in [0.1, 0.15) is 30.7 Å². The lowest BCUT2D eigenvalue weighted by molar-refractivity contribution is -0.384. The molecule has 2 aromatic rings. The molecule has 2 heterocycles. The molecule has 1 aromatic heterocycles.